The Morgan fingerprint density at radius 2 is 1.66 bits per heavy atom. The van der Waals surface area contributed by atoms with Crippen LogP contribution in [-0.4, -0.2) is 51.5 Å². The van der Waals surface area contributed by atoms with Crippen LogP contribution >= 0.6 is 23.2 Å². The van der Waals surface area contributed by atoms with Gasteiger partial charge in [0.05, 0.1) is 37.8 Å². The molecule has 9 heteroatoms. The molecule has 0 spiro atoms. The Balaban J connectivity index is 1.82. The van der Waals surface area contributed by atoms with Crippen LogP contribution < -0.4 is 25.0 Å². The minimum atomic E-state index is -0.560. The van der Waals surface area contributed by atoms with Crippen molar-refractivity contribution >= 4 is 46.2 Å². The molecule has 2 aromatic rings. The van der Waals surface area contributed by atoms with Crippen molar-refractivity contribution in [2.24, 2.45) is 0 Å². The Morgan fingerprint density at radius 1 is 1.03 bits per heavy atom. The molecule has 0 radical (unpaired) electrons. The van der Waals surface area contributed by atoms with Gasteiger partial charge in [0, 0.05) is 41.0 Å². The largest absolute Gasteiger partial charge is 0.492 e. The first kappa shape index (κ1) is 24.3. The number of hydrogen-bond acceptors (Lipinski definition) is 6. The van der Waals surface area contributed by atoms with E-state index >= 15 is 0 Å². The van der Waals surface area contributed by atoms with Crippen molar-refractivity contribution in [2.75, 3.05) is 55.1 Å². The minimum Gasteiger partial charge on any atom is -0.492 e. The van der Waals surface area contributed by atoms with Crippen LogP contribution in [0.4, 0.5) is 17.1 Å². The Kier molecular flexibility index (Phi) is 8.73. The van der Waals surface area contributed by atoms with E-state index in [4.69, 9.17) is 37.4 Å². The van der Waals surface area contributed by atoms with Crippen molar-refractivity contribution in [3.05, 3.63) is 40.4 Å². The molecular weight excluding hydrogens is 453 g/mol. The molecular formula is C23H29Cl2N3O4. The fourth-order valence-corrected chi connectivity index (χ4v) is 3.96. The fourth-order valence-electron chi connectivity index (χ4n) is 3.43. The smallest absolute Gasteiger partial charge is 0.246 e. The highest BCUT2D eigenvalue weighted by molar-refractivity contribution is 6.35. The van der Waals surface area contributed by atoms with Crippen LogP contribution in [0.15, 0.2) is 30.3 Å². The zero-order chi connectivity index (χ0) is 23.1. The van der Waals surface area contributed by atoms with Gasteiger partial charge in [0.2, 0.25) is 5.91 Å². The third-order valence-corrected chi connectivity index (χ3v) is 5.34. The van der Waals surface area contributed by atoms with Crippen LogP contribution in [0, 0.1) is 0 Å². The number of rotatable bonds is 9. The lowest BCUT2D eigenvalue weighted by atomic mass is 10.1. The molecule has 32 heavy (non-hydrogen) atoms. The molecule has 2 aromatic carbocycles. The predicted octanol–water partition coefficient (Wildman–Crippen LogP) is 5.07. The molecule has 174 valence electrons. The van der Waals surface area contributed by atoms with Gasteiger partial charge in [-0.2, -0.15) is 0 Å². The molecule has 0 aliphatic carbocycles. The summed E-state index contributed by atoms with van der Waals surface area (Å²) in [6.45, 7) is 9.54. The minimum absolute atomic E-state index is 0.235. The molecule has 1 aliphatic rings. The van der Waals surface area contributed by atoms with Gasteiger partial charge in [-0.3, -0.25) is 4.79 Å². The molecule has 2 N–H and O–H groups in total. The number of ether oxygens (including phenoxy) is 3. The molecule has 0 aromatic heterocycles. The van der Waals surface area contributed by atoms with Gasteiger partial charge in [-0.15, -0.1) is 0 Å². The van der Waals surface area contributed by atoms with Crippen molar-refractivity contribution in [2.45, 2.75) is 26.8 Å². The van der Waals surface area contributed by atoms with Gasteiger partial charge in [0.15, 0.2) is 0 Å². The first-order chi connectivity index (χ1) is 15.4. The summed E-state index contributed by atoms with van der Waals surface area (Å²) >= 11 is 12.1. The van der Waals surface area contributed by atoms with Gasteiger partial charge < -0.3 is 29.7 Å². The molecule has 1 unspecified atom stereocenters. The summed E-state index contributed by atoms with van der Waals surface area (Å²) in [5.74, 6) is 1.15. The third-order valence-electron chi connectivity index (χ3n) is 4.91. The number of halogens is 2. The van der Waals surface area contributed by atoms with Crippen LogP contribution in [0.3, 0.4) is 0 Å². The zero-order valence-electron chi connectivity index (χ0n) is 18.5. The molecule has 1 atom stereocenters. The number of anilines is 3. The number of hydrogen-bond donors (Lipinski definition) is 2. The molecule has 1 amide bonds. The average molecular weight is 482 g/mol. The lowest BCUT2D eigenvalue weighted by molar-refractivity contribution is -0.116. The Labute approximate surface area is 198 Å². The van der Waals surface area contributed by atoms with Crippen molar-refractivity contribution in [3.8, 4) is 11.5 Å². The summed E-state index contributed by atoms with van der Waals surface area (Å²) in [5, 5.41) is 6.98. The van der Waals surface area contributed by atoms with E-state index in [1.54, 1.807) is 25.1 Å². The quantitative estimate of drug-likeness (QED) is 0.520. The molecule has 1 aliphatic heterocycles. The molecule has 1 saturated heterocycles. The lowest BCUT2D eigenvalue weighted by Crippen LogP contribution is -2.36. The molecule has 7 nitrogen and oxygen atoms in total. The summed E-state index contributed by atoms with van der Waals surface area (Å²) in [6, 6.07) is 8.20. The van der Waals surface area contributed by atoms with E-state index in [1.807, 2.05) is 26.0 Å². The maximum absolute atomic E-state index is 12.8. The monoisotopic (exact) mass is 481 g/mol. The Bertz CT molecular complexity index is 915. The third kappa shape index (κ3) is 6.34. The van der Waals surface area contributed by atoms with E-state index in [0.29, 0.717) is 53.6 Å². The van der Waals surface area contributed by atoms with E-state index in [1.165, 1.54) is 0 Å². The van der Waals surface area contributed by atoms with Gasteiger partial charge in [0.1, 0.15) is 17.5 Å². The average Bonchev–Trinajstić information content (AvgIpc) is 2.75. The van der Waals surface area contributed by atoms with E-state index in [2.05, 4.69) is 15.5 Å². The van der Waals surface area contributed by atoms with Crippen molar-refractivity contribution in [3.63, 3.8) is 0 Å². The summed E-state index contributed by atoms with van der Waals surface area (Å²) < 4.78 is 17.3. The number of benzene rings is 2. The number of carbonyl (C=O) groups excluding carboxylic acids is 1. The highest BCUT2D eigenvalue weighted by Gasteiger charge is 2.22. The fraction of sp³-hybridized carbons (Fsp3) is 0.435. The first-order valence-corrected chi connectivity index (χ1v) is 11.5. The second kappa shape index (κ2) is 11.5. The summed E-state index contributed by atoms with van der Waals surface area (Å²) in [7, 11) is 0. The van der Waals surface area contributed by atoms with Gasteiger partial charge in [0.25, 0.3) is 0 Å². The van der Waals surface area contributed by atoms with Gasteiger partial charge in [-0.05, 0) is 39.0 Å². The van der Waals surface area contributed by atoms with Crippen molar-refractivity contribution in [1.82, 2.24) is 0 Å². The maximum Gasteiger partial charge on any atom is 0.246 e. The topological polar surface area (TPSA) is 72.1 Å². The van der Waals surface area contributed by atoms with E-state index in [-0.39, 0.29) is 5.91 Å². The number of amides is 1. The van der Waals surface area contributed by atoms with Crippen LogP contribution in [0.25, 0.3) is 0 Å². The molecule has 0 bridgehead atoms. The molecule has 0 saturated carbocycles. The Hall–Kier alpha value is -2.35. The van der Waals surface area contributed by atoms with E-state index < -0.39 is 6.04 Å². The van der Waals surface area contributed by atoms with Crippen LogP contribution in [-0.2, 0) is 9.53 Å². The normalized spacial score (nSPS) is 14.6. The zero-order valence-corrected chi connectivity index (χ0v) is 20.1. The molecule has 3 rings (SSSR count). The van der Waals surface area contributed by atoms with Crippen LogP contribution in [0.5, 0.6) is 11.5 Å². The predicted molar refractivity (Wildman–Crippen MR) is 130 cm³/mol. The molecule has 1 fully saturated rings. The highest BCUT2D eigenvalue weighted by atomic mass is 35.5. The molecule has 1 heterocycles. The van der Waals surface area contributed by atoms with E-state index in [9.17, 15) is 4.79 Å². The number of nitrogens with one attached hydrogen (secondary N) is 2. The summed E-state index contributed by atoms with van der Waals surface area (Å²) in [4.78, 5) is 15.0. The SMILES string of the molecule is CCOc1cc(N2CCOCC2)c(OCC)cc1NC(C)C(=O)Nc1cc(Cl)cc(Cl)c1. The first-order valence-electron chi connectivity index (χ1n) is 10.7. The van der Waals surface area contributed by atoms with Gasteiger partial charge in [-0.25, -0.2) is 0 Å². The van der Waals surface area contributed by atoms with E-state index in [0.717, 1.165) is 24.5 Å². The maximum atomic E-state index is 12.8. The number of morpholine rings is 1. The van der Waals surface area contributed by atoms with Crippen LogP contribution in [0.1, 0.15) is 20.8 Å². The highest BCUT2D eigenvalue weighted by Crippen LogP contribution is 2.39. The lowest BCUT2D eigenvalue weighted by Gasteiger charge is -2.31. The standard InChI is InChI=1S/C23H29Cl2N3O4/c1-4-31-21-14-20(28-6-8-30-9-7-28)22(32-5-2)13-19(21)26-15(3)23(29)27-18-11-16(24)10-17(25)12-18/h10-15,26H,4-9H2,1-3H3,(H,27,29). The second-order valence-corrected chi connectivity index (χ2v) is 8.17. The Morgan fingerprint density at radius 3 is 2.28 bits per heavy atom. The van der Waals surface area contributed by atoms with Crippen molar-refractivity contribution < 1.29 is 19.0 Å². The van der Waals surface area contributed by atoms with Gasteiger partial charge >= 0.3 is 0 Å². The van der Waals surface area contributed by atoms with Gasteiger partial charge in [-0.1, -0.05) is 23.2 Å². The van der Waals surface area contributed by atoms with Crippen LogP contribution in [0.2, 0.25) is 10.0 Å². The number of carbonyl (C=O) groups is 1. The summed E-state index contributed by atoms with van der Waals surface area (Å²) in [6.07, 6.45) is 0. The second-order valence-electron chi connectivity index (χ2n) is 7.29. The summed E-state index contributed by atoms with van der Waals surface area (Å²) in [5.41, 5.74) is 2.16. The van der Waals surface area contributed by atoms with Crippen molar-refractivity contribution in [1.29, 1.82) is 0 Å². The number of nitrogens with zero attached hydrogens (tertiary/aromatic N) is 1.